The van der Waals surface area contributed by atoms with E-state index >= 15 is 0 Å². The minimum atomic E-state index is -0.179. The lowest BCUT2D eigenvalue weighted by Crippen LogP contribution is -2.16. The Balaban J connectivity index is 1.39. The molecular formula is C49H34. The molecule has 0 fully saturated rings. The first-order valence-electron chi connectivity index (χ1n) is 17.3. The van der Waals surface area contributed by atoms with Crippen molar-refractivity contribution in [1.82, 2.24) is 0 Å². The Morgan fingerprint density at radius 3 is 1.59 bits per heavy atom. The molecule has 0 radical (unpaired) electrons. The summed E-state index contributed by atoms with van der Waals surface area (Å²) in [6.07, 6.45) is 0. The third kappa shape index (κ3) is 4.11. The van der Waals surface area contributed by atoms with Crippen LogP contribution in [0.4, 0.5) is 0 Å². The average Bonchev–Trinajstić information content (AvgIpc) is 3.39. The van der Waals surface area contributed by atoms with Gasteiger partial charge in [-0.15, -0.1) is 0 Å². The van der Waals surface area contributed by atoms with E-state index in [1.807, 2.05) is 0 Å². The second-order valence-electron chi connectivity index (χ2n) is 14.0. The first-order chi connectivity index (χ1) is 24.1. The predicted octanol–water partition coefficient (Wildman–Crippen LogP) is 13.6. The molecule has 0 N–H and O–H groups in total. The third-order valence-electron chi connectivity index (χ3n) is 11.0. The molecule has 0 unspecified atom stereocenters. The van der Waals surface area contributed by atoms with Crippen molar-refractivity contribution in [3.05, 3.63) is 181 Å². The smallest absolute Gasteiger partial charge is 0.0165 e. The summed E-state index contributed by atoms with van der Waals surface area (Å²) in [4.78, 5) is 0. The number of hydrogen-bond acceptors (Lipinski definition) is 0. The van der Waals surface area contributed by atoms with E-state index in [0.29, 0.717) is 0 Å². The van der Waals surface area contributed by atoms with Crippen molar-refractivity contribution in [3.8, 4) is 44.5 Å². The van der Waals surface area contributed by atoms with Gasteiger partial charge in [-0.3, -0.25) is 0 Å². The normalized spacial score (nSPS) is 13.3. The first kappa shape index (κ1) is 28.1. The lowest BCUT2D eigenvalue weighted by atomic mass is 9.75. The molecule has 0 saturated carbocycles. The van der Waals surface area contributed by atoms with Gasteiger partial charge in [-0.05, 0) is 111 Å². The van der Waals surface area contributed by atoms with Crippen LogP contribution in [0.25, 0.3) is 87.6 Å². The van der Waals surface area contributed by atoms with Crippen LogP contribution in [0.1, 0.15) is 25.0 Å². The number of rotatable bonds is 3. The van der Waals surface area contributed by atoms with Gasteiger partial charge in [0.2, 0.25) is 0 Å². The summed E-state index contributed by atoms with van der Waals surface area (Å²) in [6.45, 7) is 4.84. The van der Waals surface area contributed by atoms with Crippen LogP contribution < -0.4 is 0 Å². The van der Waals surface area contributed by atoms with Crippen LogP contribution in [0.15, 0.2) is 170 Å². The van der Waals surface area contributed by atoms with Gasteiger partial charge in [0.25, 0.3) is 0 Å². The fourth-order valence-corrected chi connectivity index (χ4v) is 8.79. The molecule has 230 valence electrons. The molecule has 49 heavy (non-hydrogen) atoms. The zero-order chi connectivity index (χ0) is 32.7. The molecule has 0 nitrogen and oxygen atoms in total. The number of benzene rings is 9. The minimum absolute atomic E-state index is 0.179. The highest BCUT2D eigenvalue weighted by Gasteiger charge is 2.38. The number of hydrogen-bond donors (Lipinski definition) is 0. The Hall–Kier alpha value is -5.98. The Morgan fingerprint density at radius 1 is 0.347 bits per heavy atom. The molecule has 0 heteroatoms. The largest absolute Gasteiger partial charge is 0.0619 e. The molecule has 0 atom stereocenters. The van der Waals surface area contributed by atoms with Gasteiger partial charge in [0, 0.05) is 5.41 Å². The highest BCUT2D eigenvalue weighted by atomic mass is 14.4. The van der Waals surface area contributed by atoms with Crippen LogP contribution >= 0.6 is 0 Å². The van der Waals surface area contributed by atoms with Crippen molar-refractivity contribution in [2.24, 2.45) is 0 Å². The molecule has 0 amide bonds. The lowest BCUT2D eigenvalue weighted by Gasteiger charge is -2.27. The Labute approximate surface area is 286 Å². The van der Waals surface area contributed by atoms with E-state index in [0.717, 1.165) is 0 Å². The maximum absolute atomic E-state index is 2.42. The van der Waals surface area contributed by atoms with Crippen LogP contribution in [0.5, 0.6) is 0 Å². The van der Waals surface area contributed by atoms with Gasteiger partial charge in [0.1, 0.15) is 0 Å². The molecule has 0 aromatic heterocycles. The highest BCUT2D eigenvalue weighted by Crippen LogP contribution is 2.56. The summed E-state index contributed by atoms with van der Waals surface area (Å²) in [5.41, 5.74) is 13.0. The molecule has 9 aromatic rings. The van der Waals surface area contributed by atoms with Crippen molar-refractivity contribution in [1.29, 1.82) is 0 Å². The fraction of sp³-hybridized carbons (Fsp3) is 0.0612. The third-order valence-corrected chi connectivity index (χ3v) is 11.0. The molecule has 1 aliphatic rings. The van der Waals surface area contributed by atoms with Gasteiger partial charge >= 0.3 is 0 Å². The molecule has 0 bridgehead atoms. The molecule has 10 rings (SSSR count). The van der Waals surface area contributed by atoms with Crippen LogP contribution in [-0.2, 0) is 5.41 Å². The van der Waals surface area contributed by atoms with E-state index in [1.165, 1.54) is 98.7 Å². The zero-order valence-corrected chi connectivity index (χ0v) is 27.7. The van der Waals surface area contributed by atoms with Crippen molar-refractivity contribution >= 4 is 43.1 Å². The standard InChI is InChI=1S/C49H34/c1-49(2)44-22-12-11-18-38(44)42-27-28-43-45(36-26-24-32-14-4-6-16-34(32)30-36)40-20-9-10-21-41(40)46(47(43)48(42)49)39-19-8-7-17-37(39)35-25-23-31-13-3-5-15-33(31)29-35/h3-30H,1-2H3. The monoisotopic (exact) mass is 622 g/mol. The molecule has 9 aromatic carbocycles. The second-order valence-corrected chi connectivity index (χ2v) is 14.0. The summed E-state index contributed by atoms with van der Waals surface area (Å²) >= 11 is 0. The Bertz CT molecular complexity index is 2800. The van der Waals surface area contributed by atoms with E-state index in [2.05, 4.69) is 184 Å². The fourth-order valence-electron chi connectivity index (χ4n) is 8.79. The maximum Gasteiger partial charge on any atom is 0.0165 e. The van der Waals surface area contributed by atoms with E-state index in [9.17, 15) is 0 Å². The van der Waals surface area contributed by atoms with Gasteiger partial charge < -0.3 is 0 Å². The summed E-state index contributed by atoms with van der Waals surface area (Å²) < 4.78 is 0. The zero-order valence-electron chi connectivity index (χ0n) is 27.7. The Morgan fingerprint density at radius 2 is 0.878 bits per heavy atom. The topological polar surface area (TPSA) is 0 Å². The van der Waals surface area contributed by atoms with Crippen molar-refractivity contribution < 1.29 is 0 Å². The molecule has 0 saturated heterocycles. The molecular weight excluding hydrogens is 589 g/mol. The minimum Gasteiger partial charge on any atom is -0.0619 e. The summed E-state index contributed by atoms with van der Waals surface area (Å²) in [5, 5.41) is 10.3. The van der Waals surface area contributed by atoms with E-state index < -0.39 is 0 Å². The quantitative estimate of drug-likeness (QED) is 0.172. The SMILES string of the molecule is CC1(C)c2ccccc2-c2ccc3c(-c4ccc5ccccc5c4)c4ccccc4c(-c4ccccc4-c4ccc5ccccc5c4)c3c21. The van der Waals surface area contributed by atoms with Crippen LogP contribution in [0.3, 0.4) is 0 Å². The van der Waals surface area contributed by atoms with E-state index in [1.54, 1.807) is 0 Å². The van der Waals surface area contributed by atoms with Crippen LogP contribution in [0.2, 0.25) is 0 Å². The summed E-state index contributed by atoms with van der Waals surface area (Å²) in [7, 11) is 0. The summed E-state index contributed by atoms with van der Waals surface area (Å²) in [5.74, 6) is 0. The molecule has 1 aliphatic carbocycles. The van der Waals surface area contributed by atoms with Gasteiger partial charge in [0.05, 0.1) is 0 Å². The van der Waals surface area contributed by atoms with Gasteiger partial charge in [-0.25, -0.2) is 0 Å². The average molecular weight is 623 g/mol. The predicted molar refractivity (Wildman–Crippen MR) is 210 cm³/mol. The van der Waals surface area contributed by atoms with Crippen LogP contribution in [-0.4, -0.2) is 0 Å². The van der Waals surface area contributed by atoms with Crippen molar-refractivity contribution in [2.75, 3.05) is 0 Å². The van der Waals surface area contributed by atoms with Gasteiger partial charge in [-0.2, -0.15) is 0 Å². The Kier molecular flexibility index (Phi) is 6.02. The summed E-state index contributed by atoms with van der Waals surface area (Å²) in [6, 6.07) is 63.2. The van der Waals surface area contributed by atoms with Crippen molar-refractivity contribution in [2.45, 2.75) is 19.3 Å². The van der Waals surface area contributed by atoms with Crippen molar-refractivity contribution in [3.63, 3.8) is 0 Å². The molecule has 0 spiro atoms. The van der Waals surface area contributed by atoms with Crippen LogP contribution in [0, 0.1) is 0 Å². The van der Waals surface area contributed by atoms with E-state index in [4.69, 9.17) is 0 Å². The first-order valence-corrected chi connectivity index (χ1v) is 17.3. The second kappa shape index (κ2) is 10.5. The lowest BCUT2D eigenvalue weighted by molar-refractivity contribution is 0.666. The van der Waals surface area contributed by atoms with E-state index in [-0.39, 0.29) is 5.41 Å². The number of fused-ring (bicyclic) bond motifs is 8. The van der Waals surface area contributed by atoms with Gasteiger partial charge in [-0.1, -0.05) is 172 Å². The highest BCUT2D eigenvalue weighted by molar-refractivity contribution is 6.25. The molecule has 0 heterocycles. The molecule has 0 aliphatic heterocycles. The maximum atomic E-state index is 2.42. The van der Waals surface area contributed by atoms with Gasteiger partial charge in [0.15, 0.2) is 0 Å².